The smallest absolute Gasteiger partial charge is 0.154 e. The lowest BCUT2D eigenvalue weighted by Gasteiger charge is -2.33. The van der Waals surface area contributed by atoms with E-state index in [-0.39, 0.29) is 11.9 Å². The number of sulfone groups is 1. The van der Waals surface area contributed by atoms with E-state index in [0.717, 1.165) is 18.5 Å². The van der Waals surface area contributed by atoms with Gasteiger partial charge in [-0.25, -0.2) is 12.8 Å². The molecule has 0 heterocycles. The van der Waals surface area contributed by atoms with E-state index in [9.17, 15) is 12.8 Å². The lowest BCUT2D eigenvalue weighted by Crippen LogP contribution is -2.52. The molecule has 0 saturated carbocycles. The van der Waals surface area contributed by atoms with Crippen LogP contribution < -0.4 is 5.32 Å². The lowest BCUT2D eigenvalue weighted by atomic mass is 9.95. The maximum absolute atomic E-state index is 13.3. The second-order valence-electron chi connectivity index (χ2n) is 5.83. The Morgan fingerprint density at radius 2 is 2.00 bits per heavy atom. The summed E-state index contributed by atoms with van der Waals surface area (Å²) >= 11 is 3.16. The van der Waals surface area contributed by atoms with Gasteiger partial charge in [0.05, 0.1) is 9.22 Å². The van der Waals surface area contributed by atoms with E-state index in [2.05, 4.69) is 21.2 Å². The van der Waals surface area contributed by atoms with Crippen LogP contribution >= 0.6 is 15.9 Å². The van der Waals surface area contributed by atoms with E-state index in [4.69, 9.17) is 0 Å². The Balaban J connectivity index is 3.05. The zero-order valence-corrected chi connectivity index (χ0v) is 15.3. The molecule has 0 bridgehead atoms. The Labute approximate surface area is 135 Å². The van der Waals surface area contributed by atoms with Crippen LogP contribution in [-0.2, 0) is 16.3 Å². The van der Waals surface area contributed by atoms with Crippen molar-refractivity contribution in [1.29, 1.82) is 0 Å². The highest BCUT2D eigenvalue weighted by Gasteiger charge is 2.38. The summed E-state index contributed by atoms with van der Waals surface area (Å²) in [5, 5.41) is 3.31. The van der Waals surface area contributed by atoms with Gasteiger partial charge in [0.2, 0.25) is 0 Å². The molecule has 6 heteroatoms. The van der Waals surface area contributed by atoms with Crippen LogP contribution in [0.3, 0.4) is 0 Å². The standard InChI is InChI=1S/C15H23BrFNO2S/c1-5-8-18-14(15(2,3)21(4,19)20)10-11-6-7-13(17)12(16)9-11/h6-7,9,14,18H,5,8,10H2,1-4H3. The number of nitrogens with one attached hydrogen (secondary N) is 1. The molecule has 0 saturated heterocycles. The predicted molar refractivity (Wildman–Crippen MR) is 88.8 cm³/mol. The fourth-order valence-electron chi connectivity index (χ4n) is 2.04. The first kappa shape index (κ1) is 18.6. The molecule has 3 nitrogen and oxygen atoms in total. The van der Waals surface area contributed by atoms with E-state index >= 15 is 0 Å². The van der Waals surface area contributed by atoms with Gasteiger partial charge >= 0.3 is 0 Å². The quantitative estimate of drug-likeness (QED) is 0.790. The van der Waals surface area contributed by atoms with Crippen molar-refractivity contribution in [3.63, 3.8) is 0 Å². The number of hydrogen-bond donors (Lipinski definition) is 1. The van der Waals surface area contributed by atoms with Crippen LogP contribution in [0.5, 0.6) is 0 Å². The highest BCUT2D eigenvalue weighted by atomic mass is 79.9. The van der Waals surface area contributed by atoms with Gasteiger partial charge in [0.25, 0.3) is 0 Å². The SMILES string of the molecule is CCCNC(Cc1ccc(F)c(Br)c1)C(C)(C)S(C)(=O)=O. The average molecular weight is 380 g/mol. The Morgan fingerprint density at radius 1 is 1.38 bits per heavy atom. The van der Waals surface area contributed by atoms with Crippen LogP contribution in [0.4, 0.5) is 4.39 Å². The van der Waals surface area contributed by atoms with Gasteiger partial charge in [-0.2, -0.15) is 0 Å². The zero-order chi connectivity index (χ0) is 16.3. The molecule has 1 unspecified atom stereocenters. The summed E-state index contributed by atoms with van der Waals surface area (Å²) < 4.78 is 36.9. The summed E-state index contributed by atoms with van der Waals surface area (Å²) in [6.07, 6.45) is 2.70. The van der Waals surface area contributed by atoms with Crippen molar-refractivity contribution in [3.05, 3.63) is 34.1 Å². The monoisotopic (exact) mass is 379 g/mol. The molecule has 1 rings (SSSR count). The van der Waals surface area contributed by atoms with Crippen molar-refractivity contribution >= 4 is 25.8 Å². The van der Waals surface area contributed by atoms with E-state index < -0.39 is 14.6 Å². The second kappa shape index (κ2) is 7.20. The molecule has 1 aromatic carbocycles. The van der Waals surface area contributed by atoms with Gasteiger partial charge in [0.1, 0.15) is 5.82 Å². The van der Waals surface area contributed by atoms with Gasteiger partial charge in [-0.1, -0.05) is 13.0 Å². The first-order valence-corrected chi connectivity index (χ1v) is 9.65. The summed E-state index contributed by atoms with van der Waals surface area (Å²) in [7, 11) is -3.22. The first-order valence-electron chi connectivity index (χ1n) is 6.96. The molecule has 0 aliphatic heterocycles. The number of hydrogen-bond acceptors (Lipinski definition) is 3. The fraction of sp³-hybridized carbons (Fsp3) is 0.600. The molecular formula is C15H23BrFNO2S. The van der Waals surface area contributed by atoms with Crippen molar-refractivity contribution < 1.29 is 12.8 Å². The minimum atomic E-state index is -3.22. The molecule has 1 atom stereocenters. The summed E-state index contributed by atoms with van der Waals surface area (Å²) in [5.74, 6) is -0.320. The van der Waals surface area contributed by atoms with Gasteiger partial charge in [-0.3, -0.25) is 0 Å². The van der Waals surface area contributed by atoms with Crippen LogP contribution in [0, 0.1) is 5.82 Å². The van der Waals surface area contributed by atoms with Gasteiger partial charge in [-0.15, -0.1) is 0 Å². The van der Waals surface area contributed by atoms with Gasteiger partial charge in [-0.05, 0) is 66.9 Å². The maximum Gasteiger partial charge on any atom is 0.154 e. The number of benzene rings is 1. The zero-order valence-electron chi connectivity index (χ0n) is 12.9. The van der Waals surface area contributed by atoms with Crippen molar-refractivity contribution in [2.75, 3.05) is 12.8 Å². The molecule has 1 N–H and O–H groups in total. The van der Waals surface area contributed by atoms with Crippen LogP contribution in [0.15, 0.2) is 22.7 Å². The molecule has 0 radical (unpaired) electrons. The molecule has 21 heavy (non-hydrogen) atoms. The predicted octanol–water partition coefficient (Wildman–Crippen LogP) is 3.32. The van der Waals surface area contributed by atoms with E-state index in [1.807, 2.05) is 6.92 Å². The third-order valence-electron chi connectivity index (χ3n) is 3.86. The van der Waals surface area contributed by atoms with Crippen molar-refractivity contribution in [2.24, 2.45) is 0 Å². The highest BCUT2D eigenvalue weighted by Crippen LogP contribution is 2.25. The molecule has 1 aromatic rings. The van der Waals surface area contributed by atoms with E-state index in [1.165, 1.54) is 12.3 Å². The molecule has 0 spiro atoms. The molecular weight excluding hydrogens is 357 g/mol. The topological polar surface area (TPSA) is 46.2 Å². The molecule has 0 aliphatic carbocycles. The third kappa shape index (κ3) is 4.76. The summed E-state index contributed by atoms with van der Waals surface area (Å²) in [4.78, 5) is 0. The van der Waals surface area contributed by atoms with Crippen LogP contribution in [0.1, 0.15) is 32.8 Å². The Hall–Kier alpha value is -0.460. The molecule has 0 fully saturated rings. The largest absolute Gasteiger partial charge is 0.312 e. The summed E-state index contributed by atoms with van der Waals surface area (Å²) in [5.41, 5.74) is 0.897. The minimum Gasteiger partial charge on any atom is -0.312 e. The first-order chi connectivity index (χ1) is 9.59. The molecule has 120 valence electrons. The third-order valence-corrected chi connectivity index (χ3v) is 6.66. The van der Waals surface area contributed by atoms with Crippen molar-refractivity contribution in [1.82, 2.24) is 5.32 Å². The van der Waals surface area contributed by atoms with Gasteiger partial charge in [0, 0.05) is 12.3 Å². The average Bonchev–Trinajstić information content (AvgIpc) is 2.37. The van der Waals surface area contributed by atoms with Crippen molar-refractivity contribution in [2.45, 2.75) is 44.4 Å². The van der Waals surface area contributed by atoms with Crippen molar-refractivity contribution in [3.8, 4) is 0 Å². The van der Waals surface area contributed by atoms with Crippen LogP contribution in [0.2, 0.25) is 0 Å². The van der Waals surface area contributed by atoms with E-state index in [0.29, 0.717) is 10.9 Å². The second-order valence-corrected chi connectivity index (χ2v) is 9.29. The normalized spacial score (nSPS) is 14.2. The molecule has 0 amide bonds. The maximum atomic E-state index is 13.3. The Morgan fingerprint density at radius 3 is 2.48 bits per heavy atom. The van der Waals surface area contributed by atoms with Crippen LogP contribution in [0.25, 0.3) is 0 Å². The Bertz CT molecular complexity index is 587. The highest BCUT2D eigenvalue weighted by molar-refractivity contribution is 9.10. The fourth-order valence-corrected chi connectivity index (χ4v) is 3.15. The molecule has 0 aromatic heterocycles. The van der Waals surface area contributed by atoms with Gasteiger partial charge < -0.3 is 5.32 Å². The number of rotatable bonds is 7. The van der Waals surface area contributed by atoms with Crippen LogP contribution in [-0.4, -0.2) is 32.0 Å². The minimum absolute atomic E-state index is 0.232. The molecule has 0 aliphatic rings. The number of halogens is 2. The summed E-state index contributed by atoms with van der Waals surface area (Å²) in [6.45, 7) is 6.24. The lowest BCUT2D eigenvalue weighted by molar-refractivity contribution is 0.406. The van der Waals surface area contributed by atoms with E-state index in [1.54, 1.807) is 26.0 Å². The Kier molecular flexibility index (Phi) is 6.37. The van der Waals surface area contributed by atoms with Gasteiger partial charge in [0.15, 0.2) is 9.84 Å². The summed E-state index contributed by atoms with van der Waals surface area (Å²) in [6, 6.07) is 4.56.